The Hall–Kier alpha value is -2.20. The maximum atomic E-state index is 12.2. The highest BCUT2D eigenvalue weighted by Gasteiger charge is 2.25. The average molecular weight is 316 g/mol. The van der Waals surface area contributed by atoms with Crippen molar-refractivity contribution in [2.75, 3.05) is 19.4 Å². The van der Waals surface area contributed by atoms with Crippen molar-refractivity contribution in [3.8, 4) is 0 Å². The van der Waals surface area contributed by atoms with E-state index < -0.39 is 26.9 Å². The molecular weight excluding hydrogens is 300 g/mol. The monoisotopic (exact) mass is 316 g/mol. The van der Waals surface area contributed by atoms with Crippen molar-refractivity contribution < 1.29 is 18.1 Å². The molecule has 0 bridgehead atoms. The first-order valence-electron chi connectivity index (χ1n) is 5.93. The number of nitrogens with zero attached hydrogens (tertiary/aromatic N) is 1. The minimum atomic E-state index is -4.00. The highest BCUT2D eigenvalue weighted by Crippen LogP contribution is 2.26. The van der Waals surface area contributed by atoms with E-state index in [0.29, 0.717) is 0 Å². The maximum absolute atomic E-state index is 12.2. The lowest BCUT2D eigenvalue weighted by Gasteiger charge is -2.15. The highest BCUT2D eigenvalue weighted by atomic mass is 32.2. The van der Waals surface area contributed by atoms with Gasteiger partial charge in [0.25, 0.3) is 5.69 Å². The zero-order valence-corrected chi connectivity index (χ0v) is 12.5. The van der Waals surface area contributed by atoms with Crippen LogP contribution in [0.1, 0.15) is 6.92 Å². The molecule has 1 unspecified atom stereocenters. The summed E-state index contributed by atoms with van der Waals surface area (Å²) in [6.07, 6.45) is 0. The lowest BCUT2D eigenvalue weighted by atomic mass is 10.3. The van der Waals surface area contributed by atoms with E-state index in [2.05, 4.69) is 15.4 Å². The zero-order chi connectivity index (χ0) is 16.2. The molecule has 3 N–H and O–H groups in total. The Morgan fingerprint density at radius 2 is 1.95 bits per heavy atom. The molecule has 0 aliphatic carbocycles. The second kappa shape index (κ2) is 6.50. The molecule has 0 aliphatic rings. The smallest absolute Gasteiger partial charge is 0.271 e. The van der Waals surface area contributed by atoms with Crippen molar-refractivity contribution in [3.63, 3.8) is 0 Å². The summed E-state index contributed by atoms with van der Waals surface area (Å²) in [6.45, 7) is 1.39. The number of amides is 1. The van der Waals surface area contributed by atoms with E-state index in [9.17, 15) is 23.3 Å². The van der Waals surface area contributed by atoms with Gasteiger partial charge < -0.3 is 10.6 Å². The highest BCUT2D eigenvalue weighted by molar-refractivity contribution is 7.89. The first-order valence-corrected chi connectivity index (χ1v) is 7.41. The fraction of sp³-hybridized carbons (Fsp3) is 0.364. The van der Waals surface area contributed by atoms with Gasteiger partial charge in [0.05, 0.1) is 16.7 Å². The number of nitro groups is 1. The minimum Gasteiger partial charge on any atom is -0.387 e. The summed E-state index contributed by atoms with van der Waals surface area (Å²) in [5, 5.41) is 15.6. The molecule has 0 spiro atoms. The molecule has 1 rings (SSSR count). The summed E-state index contributed by atoms with van der Waals surface area (Å²) < 4.78 is 26.6. The molecule has 21 heavy (non-hydrogen) atoms. The predicted octanol–water partition coefficient (Wildman–Crippen LogP) is 0.0493. The van der Waals surface area contributed by atoms with Crippen molar-refractivity contribution in [3.05, 3.63) is 28.3 Å². The predicted molar refractivity (Wildman–Crippen MR) is 76.5 cm³/mol. The molecule has 1 amide bonds. The molecule has 0 saturated carbocycles. The largest absolute Gasteiger partial charge is 0.387 e. The number of non-ortho nitro benzene ring substituents is 1. The molecular formula is C11H16N4O5S. The molecule has 116 valence electrons. The standard InChI is InChI=1S/C11H16N4O5S/c1-7(11(16)13-3)14-21(19,20)10-5-4-8(15(17)18)6-9(10)12-2/h4-7,12,14H,1-3H3,(H,13,16). The molecule has 0 aromatic heterocycles. The molecule has 1 atom stereocenters. The van der Waals surface area contributed by atoms with Gasteiger partial charge >= 0.3 is 0 Å². The van der Waals surface area contributed by atoms with Crippen LogP contribution in [0.5, 0.6) is 0 Å². The number of nitrogens with one attached hydrogen (secondary N) is 3. The number of sulfonamides is 1. The molecule has 9 nitrogen and oxygen atoms in total. The maximum Gasteiger partial charge on any atom is 0.271 e. The van der Waals surface area contributed by atoms with Gasteiger partial charge in [-0.1, -0.05) is 0 Å². The fourth-order valence-electron chi connectivity index (χ4n) is 1.63. The second-order valence-electron chi connectivity index (χ2n) is 4.14. The topological polar surface area (TPSA) is 130 Å². The number of anilines is 1. The van der Waals surface area contributed by atoms with Gasteiger partial charge in [0.2, 0.25) is 15.9 Å². The molecule has 0 fully saturated rings. The van der Waals surface area contributed by atoms with Crippen LogP contribution in [-0.4, -0.2) is 39.4 Å². The molecule has 0 saturated heterocycles. The summed E-state index contributed by atoms with van der Waals surface area (Å²) in [5.74, 6) is -0.494. The van der Waals surface area contributed by atoms with Gasteiger partial charge in [-0.15, -0.1) is 0 Å². The number of nitro benzene ring substituents is 1. The first kappa shape index (κ1) is 16.9. The SMILES string of the molecule is CNC(=O)C(C)NS(=O)(=O)c1ccc([N+](=O)[O-])cc1NC. The van der Waals surface area contributed by atoms with Crippen LogP contribution in [0.3, 0.4) is 0 Å². The van der Waals surface area contributed by atoms with Crippen LogP contribution in [0.4, 0.5) is 11.4 Å². The number of benzene rings is 1. The molecule has 1 aromatic carbocycles. The Morgan fingerprint density at radius 1 is 1.33 bits per heavy atom. The second-order valence-corrected chi connectivity index (χ2v) is 5.83. The van der Waals surface area contributed by atoms with Crippen LogP contribution in [-0.2, 0) is 14.8 Å². The molecule has 10 heteroatoms. The van der Waals surface area contributed by atoms with E-state index in [0.717, 1.165) is 18.2 Å². The quantitative estimate of drug-likeness (QED) is 0.502. The van der Waals surface area contributed by atoms with Crippen LogP contribution < -0.4 is 15.4 Å². The van der Waals surface area contributed by atoms with Crippen molar-refractivity contribution in [2.24, 2.45) is 0 Å². The van der Waals surface area contributed by atoms with Crippen LogP contribution in [0.15, 0.2) is 23.1 Å². The number of carbonyl (C=O) groups excluding carboxylic acids is 1. The van der Waals surface area contributed by atoms with Crippen molar-refractivity contribution in [1.29, 1.82) is 0 Å². The fourth-order valence-corrected chi connectivity index (χ4v) is 3.02. The van der Waals surface area contributed by atoms with Gasteiger partial charge in [-0.25, -0.2) is 8.42 Å². The lowest BCUT2D eigenvalue weighted by Crippen LogP contribution is -2.43. The molecule has 0 heterocycles. The van der Waals surface area contributed by atoms with Crippen LogP contribution >= 0.6 is 0 Å². The van der Waals surface area contributed by atoms with Gasteiger partial charge in [-0.2, -0.15) is 4.72 Å². The van der Waals surface area contributed by atoms with Crippen molar-refractivity contribution in [1.82, 2.24) is 10.0 Å². The Morgan fingerprint density at radius 3 is 2.43 bits per heavy atom. The Kier molecular flexibility index (Phi) is 5.22. The summed E-state index contributed by atoms with van der Waals surface area (Å²) in [4.78, 5) is 21.3. The minimum absolute atomic E-state index is 0.0702. The van der Waals surface area contributed by atoms with Crippen molar-refractivity contribution >= 4 is 27.3 Å². The van der Waals surface area contributed by atoms with E-state index >= 15 is 0 Å². The molecule has 0 aliphatic heterocycles. The number of rotatable bonds is 6. The Balaban J connectivity index is 3.19. The van der Waals surface area contributed by atoms with Gasteiger partial charge in [0.15, 0.2) is 0 Å². The molecule has 0 radical (unpaired) electrons. The van der Waals surface area contributed by atoms with Gasteiger partial charge in [0.1, 0.15) is 4.90 Å². The Bertz CT molecular complexity index is 659. The lowest BCUT2D eigenvalue weighted by molar-refractivity contribution is -0.384. The van der Waals surface area contributed by atoms with Crippen molar-refractivity contribution in [2.45, 2.75) is 17.9 Å². The summed E-state index contributed by atoms with van der Waals surface area (Å²) >= 11 is 0. The normalized spacial score (nSPS) is 12.5. The third-order valence-electron chi connectivity index (χ3n) is 2.70. The average Bonchev–Trinajstić information content (AvgIpc) is 2.44. The van der Waals surface area contributed by atoms with E-state index in [4.69, 9.17) is 0 Å². The number of hydrogen-bond donors (Lipinski definition) is 3. The van der Waals surface area contributed by atoms with Gasteiger partial charge in [-0.05, 0) is 13.0 Å². The van der Waals surface area contributed by atoms with Gasteiger partial charge in [0, 0.05) is 26.2 Å². The Labute approximate surface area is 121 Å². The van der Waals surface area contributed by atoms with Crippen LogP contribution in [0.25, 0.3) is 0 Å². The summed E-state index contributed by atoms with van der Waals surface area (Å²) in [7, 11) is -1.16. The van der Waals surface area contributed by atoms with Gasteiger partial charge in [-0.3, -0.25) is 14.9 Å². The number of likely N-dealkylation sites (N-methyl/N-ethyl adjacent to an activating group) is 1. The third kappa shape index (κ3) is 3.89. The third-order valence-corrected chi connectivity index (χ3v) is 4.30. The van der Waals surface area contributed by atoms with Crippen LogP contribution in [0, 0.1) is 10.1 Å². The first-order chi connectivity index (χ1) is 9.72. The molecule has 1 aromatic rings. The summed E-state index contributed by atoms with van der Waals surface area (Å²) in [5.41, 5.74) is -0.168. The van der Waals surface area contributed by atoms with E-state index in [1.54, 1.807) is 0 Å². The van der Waals surface area contributed by atoms with Crippen LogP contribution in [0.2, 0.25) is 0 Å². The number of hydrogen-bond acceptors (Lipinski definition) is 6. The van der Waals surface area contributed by atoms with E-state index in [-0.39, 0.29) is 16.3 Å². The van der Waals surface area contributed by atoms with E-state index in [1.807, 2.05) is 0 Å². The summed E-state index contributed by atoms with van der Waals surface area (Å²) in [6, 6.07) is 2.34. The zero-order valence-electron chi connectivity index (χ0n) is 11.7. The number of carbonyl (C=O) groups is 1. The van der Waals surface area contributed by atoms with E-state index in [1.165, 1.54) is 21.0 Å².